The third kappa shape index (κ3) is 3.05. The number of carbonyl (C=O) groups excluding carboxylic acids is 1. The number of rotatable bonds is 4. The zero-order chi connectivity index (χ0) is 11.3. The fourth-order valence-corrected chi connectivity index (χ4v) is 1.11. The van der Waals surface area contributed by atoms with Crippen molar-refractivity contribution in [3.05, 3.63) is 24.0 Å². The van der Waals surface area contributed by atoms with Gasteiger partial charge in [-0.1, -0.05) is 6.92 Å². The van der Waals surface area contributed by atoms with E-state index >= 15 is 0 Å². The summed E-state index contributed by atoms with van der Waals surface area (Å²) in [5, 5.41) is 11.4. The van der Waals surface area contributed by atoms with Crippen LogP contribution in [0.2, 0.25) is 0 Å². The van der Waals surface area contributed by atoms with Crippen LogP contribution in [0.3, 0.4) is 0 Å². The predicted octanol–water partition coefficient (Wildman–Crippen LogP) is 1.52. The number of aromatic nitrogens is 1. The monoisotopic (exact) mass is 208 g/mol. The summed E-state index contributed by atoms with van der Waals surface area (Å²) in [6.07, 6.45) is 3.75. The lowest BCUT2D eigenvalue weighted by Crippen LogP contribution is -2.14. The molecule has 15 heavy (non-hydrogen) atoms. The Morgan fingerprint density at radius 2 is 2.27 bits per heavy atom. The van der Waals surface area contributed by atoms with Gasteiger partial charge in [-0.25, -0.2) is 4.79 Å². The van der Waals surface area contributed by atoms with E-state index < -0.39 is 5.97 Å². The molecule has 5 heteroatoms. The maximum absolute atomic E-state index is 11.3. The molecule has 0 atom stereocenters. The molecule has 80 valence electrons. The van der Waals surface area contributed by atoms with Crippen molar-refractivity contribution < 1.29 is 14.7 Å². The second kappa shape index (κ2) is 5.09. The maximum Gasteiger partial charge on any atom is 0.339 e. The summed E-state index contributed by atoms with van der Waals surface area (Å²) in [5.41, 5.74) is 0.290. The molecular weight excluding hydrogens is 196 g/mol. The predicted molar refractivity (Wildman–Crippen MR) is 54.7 cm³/mol. The third-order valence-electron chi connectivity index (χ3n) is 1.80. The topological polar surface area (TPSA) is 79.3 Å². The van der Waals surface area contributed by atoms with Gasteiger partial charge in [0.15, 0.2) is 0 Å². The Hall–Kier alpha value is -1.91. The highest BCUT2D eigenvalue weighted by Crippen LogP contribution is 2.13. The maximum atomic E-state index is 11.3. The van der Waals surface area contributed by atoms with E-state index in [-0.39, 0.29) is 17.2 Å². The Morgan fingerprint density at radius 1 is 1.53 bits per heavy atom. The lowest BCUT2D eigenvalue weighted by Gasteiger charge is -2.06. The zero-order valence-electron chi connectivity index (χ0n) is 8.36. The van der Waals surface area contributed by atoms with Gasteiger partial charge in [-0.2, -0.15) is 0 Å². The van der Waals surface area contributed by atoms with Crippen LogP contribution in [-0.4, -0.2) is 22.0 Å². The van der Waals surface area contributed by atoms with Crippen LogP contribution in [0.25, 0.3) is 0 Å². The number of carbonyl (C=O) groups is 2. The number of anilines is 1. The van der Waals surface area contributed by atoms with Gasteiger partial charge in [0.1, 0.15) is 5.56 Å². The Balaban J connectivity index is 2.84. The number of nitrogens with one attached hydrogen (secondary N) is 1. The molecule has 0 aliphatic heterocycles. The Bertz CT molecular complexity index is 377. The highest BCUT2D eigenvalue weighted by atomic mass is 16.4. The van der Waals surface area contributed by atoms with Crippen molar-refractivity contribution in [2.45, 2.75) is 19.8 Å². The molecule has 0 spiro atoms. The smallest absolute Gasteiger partial charge is 0.339 e. The molecule has 0 aromatic carbocycles. The fourth-order valence-electron chi connectivity index (χ4n) is 1.11. The van der Waals surface area contributed by atoms with Crippen molar-refractivity contribution in [3.63, 3.8) is 0 Å². The largest absolute Gasteiger partial charge is 0.478 e. The molecule has 0 radical (unpaired) electrons. The Labute approximate surface area is 87.1 Å². The molecule has 1 aromatic rings. The minimum Gasteiger partial charge on any atom is -0.478 e. The van der Waals surface area contributed by atoms with Gasteiger partial charge in [0.05, 0.1) is 5.69 Å². The number of hydrogen-bond donors (Lipinski definition) is 2. The van der Waals surface area contributed by atoms with Gasteiger partial charge in [0.25, 0.3) is 0 Å². The number of nitrogens with zero attached hydrogens (tertiary/aromatic N) is 1. The molecule has 0 saturated heterocycles. The van der Waals surface area contributed by atoms with Gasteiger partial charge in [-0.15, -0.1) is 0 Å². The minimum absolute atomic E-state index is 0.00181. The molecule has 1 heterocycles. The van der Waals surface area contributed by atoms with Crippen LogP contribution in [0, 0.1) is 0 Å². The highest BCUT2D eigenvalue weighted by molar-refractivity contribution is 6.00. The quantitative estimate of drug-likeness (QED) is 0.786. The van der Waals surface area contributed by atoms with Crippen molar-refractivity contribution in [1.82, 2.24) is 4.98 Å². The molecule has 0 aliphatic rings. The molecular formula is C10H12N2O3. The van der Waals surface area contributed by atoms with Gasteiger partial charge in [0.2, 0.25) is 5.91 Å². The number of hydrogen-bond acceptors (Lipinski definition) is 3. The highest BCUT2D eigenvalue weighted by Gasteiger charge is 2.11. The van der Waals surface area contributed by atoms with E-state index in [1.54, 1.807) is 0 Å². The normalized spacial score (nSPS) is 9.67. The zero-order valence-corrected chi connectivity index (χ0v) is 8.36. The first-order valence-corrected chi connectivity index (χ1v) is 4.62. The van der Waals surface area contributed by atoms with Crippen molar-refractivity contribution in [2.75, 3.05) is 5.32 Å². The summed E-state index contributed by atoms with van der Waals surface area (Å²) in [6.45, 7) is 1.88. The van der Waals surface area contributed by atoms with E-state index in [9.17, 15) is 9.59 Å². The van der Waals surface area contributed by atoms with Gasteiger partial charge in [0, 0.05) is 18.8 Å². The van der Waals surface area contributed by atoms with Crippen molar-refractivity contribution in [1.29, 1.82) is 0 Å². The molecule has 1 rings (SSSR count). The van der Waals surface area contributed by atoms with Gasteiger partial charge in [-0.05, 0) is 12.5 Å². The van der Waals surface area contributed by atoms with Crippen LogP contribution in [0.1, 0.15) is 30.1 Å². The SMILES string of the molecule is CCCC(=O)Nc1ccncc1C(=O)O. The van der Waals surface area contributed by atoms with Crippen LogP contribution in [0.4, 0.5) is 5.69 Å². The summed E-state index contributed by atoms with van der Waals surface area (Å²) in [6, 6.07) is 1.47. The van der Waals surface area contributed by atoms with Crippen LogP contribution >= 0.6 is 0 Å². The number of carboxylic acids is 1. The summed E-state index contributed by atoms with van der Waals surface area (Å²) >= 11 is 0. The second-order valence-corrected chi connectivity index (χ2v) is 3.02. The van der Waals surface area contributed by atoms with E-state index in [0.29, 0.717) is 6.42 Å². The van der Waals surface area contributed by atoms with E-state index in [1.807, 2.05) is 6.92 Å². The number of aromatic carboxylic acids is 1. The fraction of sp³-hybridized carbons (Fsp3) is 0.300. The molecule has 1 amide bonds. The number of pyridine rings is 1. The number of amides is 1. The molecule has 0 aliphatic carbocycles. The lowest BCUT2D eigenvalue weighted by atomic mass is 10.2. The first-order valence-electron chi connectivity index (χ1n) is 4.62. The molecule has 0 unspecified atom stereocenters. The van der Waals surface area contributed by atoms with Gasteiger partial charge >= 0.3 is 5.97 Å². The Morgan fingerprint density at radius 3 is 2.87 bits per heavy atom. The molecule has 1 aromatic heterocycles. The number of carboxylic acid groups (broad SMARTS) is 1. The van der Waals surface area contributed by atoms with Crippen LogP contribution in [0.15, 0.2) is 18.5 Å². The van der Waals surface area contributed by atoms with Crippen molar-refractivity contribution in [2.24, 2.45) is 0 Å². The van der Waals surface area contributed by atoms with E-state index in [1.165, 1.54) is 18.5 Å². The molecule has 0 fully saturated rings. The van der Waals surface area contributed by atoms with Crippen LogP contribution in [-0.2, 0) is 4.79 Å². The third-order valence-corrected chi connectivity index (χ3v) is 1.80. The standard InChI is InChI=1S/C10H12N2O3/c1-2-3-9(13)12-8-4-5-11-6-7(8)10(14)15/h4-6H,2-3H2,1H3,(H,14,15)(H,11,12,13). The second-order valence-electron chi connectivity index (χ2n) is 3.02. The Kier molecular flexibility index (Phi) is 3.79. The molecule has 2 N–H and O–H groups in total. The first-order chi connectivity index (χ1) is 7.15. The summed E-state index contributed by atoms with van der Waals surface area (Å²) in [7, 11) is 0. The summed E-state index contributed by atoms with van der Waals surface area (Å²) in [5.74, 6) is -1.29. The van der Waals surface area contributed by atoms with Gasteiger partial charge in [-0.3, -0.25) is 9.78 Å². The summed E-state index contributed by atoms with van der Waals surface area (Å²) in [4.78, 5) is 25.7. The molecule has 0 saturated carbocycles. The average molecular weight is 208 g/mol. The van der Waals surface area contributed by atoms with Gasteiger partial charge < -0.3 is 10.4 Å². The van der Waals surface area contributed by atoms with E-state index in [2.05, 4.69) is 10.3 Å². The van der Waals surface area contributed by atoms with Crippen LogP contribution in [0.5, 0.6) is 0 Å². The lowest BCUT2D eigenvalue weighted by molar-refractivity contribution is -0.116. The van der Waals surface area contributed by atoms with Crippen molar-refractivity contribution >= 4 is 17.6 Å². The molecule has 5 nitrogen and oxygen atoms in total. The van der Waals surface area contributed by atoms with E-state index in [0.717, 1.165) is 6.42 Å². The van der Waals surface area contributed by atoms with E-state index in [4.69, 9.17) is 5.11 Å². The summed E-state index contributed by atoms with van der Waals surface area (Å²) < 4.78 is 0. The van der Waals surface area contributed by atoms with Crippen molar-refractivity contribution in [3.8, 4) is 0 Å². The minimum atomic E-state index is -1.10. The first kappa shape index (κ1) is 11.2. The van der Waals surface area contributed by atoms with Crippen LogP contribution < -0.4 is 5.32 Å². The average Bonchev–Trinajstić information content (AvgIpc) is 2.18. The molecule has 0 bridgehead atoms.